The molecule has 618 valence electrons. The number of esters is 3. The van der Waals surface area contributed by atoms with Gasteiger partial charge in [0.25, 0.3) is 0 Å². The smallest absolute Gasteiger partial charge is 0.410 e. The third kappa shape index (κ3) is 23.0. The Morgan fingerprint density at radius 3 is 1.06 bits per heavy atom. The molecule has 27 heteroatoms. The first-order chi connectivity index (χ1) is 55.6. The van der Waals surface area contributed by atoms with Crippen LogP contribution in [0.25, 0.3) is 0 Å². The number of ether oxygens (including phenoxy) is 4. The standard InChI is InChI=1S/C23H32N4O4.C22H30N4O2.C21H28N4O2.C18H24N4O2.C4H6O/c1-16-17(13-18-14-24-10-8-20(18)21(28)30-5)15-25-27(16)19-7-6-11-26(12-9-19)22(29)31-23(2,3)4;1-16-17(13-18-14-23-10-8-21(18)22(27)28-2)15-24-26(16)20-7-4-11-25(12-9-20)19-5-3-6-19;1-15-16(12-17-13-22-9-7-20(17)21(26)27)14-23-25(15)19-6-3-10-24(11-8-19)18-4-2-5-18;1-13-14(10-15-11-20-9-6-17(15)18(23)24-2)12-21-22(13)16-4-3-7-19-8-5-16;5-4-2-1-3-4/h8,10,14-15,19H,6-7,9,11-13H2,1-5H3;8,10,14-15,19-20H,3-7,9,11-13H2,1-2H3;7,9,13-14,18-19H,2-6,8,10-12H2,1H3,(H,26,27);6,9,11-12,16,19H,3-5,7-8,10H2,1-2H3;1-3H2/t19-;20-;19-;16-;/m1111./s1. The Kier molecular flexibility index (Phi) is 31.1. The van der Waals surface area contributed by atoms with Gasteiger partial charge in [-0.25, -0.2) is 24.0 Å². The third-order valence-electron chi connectivity index (χ3n) is 24.0. The largest absolute Gasteiger partial charge is 0.478 e. The summed E-state index contributed by atoms with van der Waals surface area (Å²) in [6, 6.07) is 9.89. The maximum atomic E-state index is 12.4. The molecular formula is C88H120N16O11. The topological polar surface area (TPSA) is 304 Å². The molecular weight excluding hydrogens is 1460 g/mol. The van der Waals surface area contributed by atoms with E-state index in [0.29, 0.717) is 84.9 Å². The molecule has 1 amide bonds. The van der Waals surface area contributed by atoms with E-state index < -0.39 is 11.6 Å². The molecule has 8 aromatic rings. The van der Waals surface area contributed by atoms with Gasteiger partial charge in [0.2, 0.25) is 0 Å². The monoisotopic (exact) mass is 1580 g/mol. The lowest BCUT2D eigenvalue weighted by molar-refractivity contribution is -0.123. The van der Waals surface area contributed by atoms with Crippen molar-refractivity contribution in [3.63, 3.8) is 0 Å². The SMILES string of the molecule is COC(=O)c1ccncc1Cc1cnn([C@@H]2CCCN(C(=O)OC(C)(C)C)CC2)c1C.COC(=O)c1ccncc1Cc1cnn([C@@H]2CCCN(C3CCC3)CC2)c1C.COC(=O)c1ccncc1Cc1cnn([C@@H]2CCCNCC2)c1C.Cc1c(Cc2cnccc2C(=O)O)cnn1[C@@H]1CCCN(C2CCC2)CC1.O=C1CCC1. The van der Waals surface area contributed by atoms with Crippen LogP contribution in [0, 0.1) is 27.7 Å². The lowest BCUT2D eigenvalue weighted by Gasteiger charge is -2.36. The van der Waals surface area contributed by atoms with Crippen LogP contribution in [0.5, 0.6) is 0 Å². The van der Waals surface area contributed by atoms with Gasteiger partial charge in [0, 0.05) is 149 Å². The molecule has 7 fully saturated rings. The van der Waals surface area contributed by atoms with Crippen molar-refractivity contribution in [1.29, 1.82) is 0 Å². The number of carboxylic acids is 1. The number of nitrogens with zero attached hydrogens (tertiary/aromatic N) is 15. The van der Waals surface area contributed by atoms with Crippen molar-refractivity contribution in [2.45, 2.75) is 251 Å². The average Bonchev–Trinajstić information content (AvgIpc) is 1.69. The van der Waals surface area contributed by atoms with Crippen LogP contribution in [0.4, 0.5) is 4.79 Å². The summed E-state index contributed by atoms with van der Waals surface area (Å²) in [5, 5.41) is 31.5. The molecule has 0 unspecified atom stereocenters. The minimum atomic E-state index is -0.905. The number of nitrogens with one attached hydrogen (secondary N) is 1. The van der Waals surface area contributed by atoms with Crippen LogP contribution >= 0.6 is 0 Å². The Bertz CT molecular complexity index is 4530. The van der Waals surface area contributed by atoms with Crippen LogP contribution in [-0.2, 0) is 49.4 Å². The highest BCUT2D eigenvalue weighted by molar-refractivity contribution is 5.92. The van der Waals surface area contributed by atoms with Crippen molar-refractivity contribution in [3.05, 3.63) is 188 Å². The second-order valence-corrected chi connectivity index (χ2v) is 32.6. The van der Waals surface area contributed by atoms with E-state index in [0.717, 1.165) is 145 Å². The number of aromatic carboxylic acids is 1. The summed E-state index contributed by atoms with van der Waals surface area (Å²) in [7, 11) is 4.19. The fraction of sp³-hybridized carbons (Fsp3) is 0.568. The number of aromatic nitrogens is 12. The second kappa shape index (κ2) is 41.6. The first-order valence-electron chi connectivity index (χ1n) is 41.6. The van der Waals surface area contributed by atoms with Gasteiger partial charge >= 0.3 is 30.0 Å². The van der Waals surface area contributed by atoms with Gasteiger partial charge < -0.3 is 44.1 Å². The number of rotatable bonds is 18. The molecule has 3 aliphatic carbocycles. The minimum absolute atomic E-state index is 0.218. The van der Waals surface area contributed by atoms with E-state index in [4.69, 9.17) is 24.0 Å². The molecule has 4 atom stereocenters. The van der Waals surface area contributed by atoms with E-state index in [1.165, 1.54) is 136 Å². The van der Waals surface area contributed by atoms with Gasteiger partial charge in [-0.05, 0) is 253 Å². The summed E-state index contributed by atoms with van der Waals surface area (Å²) >= 11 is 0. The molecule has 2 N–H and O–H groups in total. The highest BCUT2D eigenvalue weighted by Gasteiger charge is 2.33. The van der Waals surface area contributed by atoms with Crippen LogP contribution in [0.15, 0.2) is 98.6 Å². The number of amides is 1. The Morgan fingerprint density at radius 2 is 0.730 bits per heavy atom. The number of pyridine rings is 4. The van der Waals surface area contributed by atoms with Gasteiger partial charge in [-0.2, -0.15) is 20.4 Å². The molecule has 115 heavy (non-hydrogen) atoms. The van der Waals surface area contributed by atoms with Crippen LogP contribution in [-0.4, -0.2) is 206 Å². The fourth-order valence-corrected chi connectivity index (χ4v) is 16.6. The van der Waals surface area contributed by atoms with Crippen LogP contribution in [0.1, 0.15) is 288 Å². The summed E-state index contributed by atoms with van der Waals surface area (Å²) in [6.07, 6.45) is 47.3. The summed E-state index contributed by atoms with van der Waals surface area (Å²) < 4.78 is 28.8. The quantitative estimate of drug-likeness (QED) is 0.0595. The van der Waals surface area contributed by atoms with E-state index in [1.807, 2.05) is 52.5 Å². The molecule has 4 aliphatic heterocycles. The molecule has 0 bridgehead atoms. The van der Waals surface area contributed by atoms with E-state index in [1.54, 1.807) is 72.5 Å². The van der Waals surface area contributed by atoms with E-state index >= 15 is 0 Å². The lowest BCUT2D eigenvalue weighted by atomic mass is 9.91. The Labute approximate surface area is 677 Å². The summed E-state index contributed by atoms with van der Waals surface area (Å²) in [5.41, 5.74) is 13.8. The number of likely N-dealkylation sites (tertiary alicyclic amines) is 3. The van der Waals surface area contributed by atoms with Gasteiger partial charge in [-0.1, -0.05) is 12.8 Å². The van der Waals surface area contributed by atoms with Gasteiger partial charge in [-0.15, -0.1) is 0 Å². The number of hydrogen-bond acceptors (Lipinski definition) is 21. The first-order valence-corrected chi connectivity index (χ1v) is 41.6. The Morgan fingerprint density at radius 1 is 0.400 bits per heavy atom. The van der Waals surface area contributed by atoms with Crippen molar-refractivity contribution in [2.75, 3.05) is 73.7 Å². The highest BCUT2D eigenvalue weighted by Crippen LogP contribution is 2.35. The van der Waals surface area contributed by atoms with Gasteiger partial charge in [0.05, 0.1) is 92.5 Å². The summed E-state index contributed by atoms with van der Waals surface area (Å²) in [6.45, 7) is 22.3. The molecule has 7 aliphatic rings. The van der Waals surface area contributed by atoms with Crippen molar-refractivity contribution in [1.82, 2.24) is 79.1 Å². The summed E-state index contributed by atoms with van der Waals surface area (Å²) in [5.74, 6) is -1.48. The van der Waals surface area contributed by atoms with Gasteiger partial charge in [0.15, 0.2) is 0 Å². The molecule has 27 nitrogen and oxygen atoms in total. The first kappa shape index (κ1) is 86.0. The predicted octanol–water partition coefficient (Wildman–Crippen LogP) is 13.9. The second-order valence-electron chi connectivity index (χ2n) is 32.6. The molecule has 4 saturated heterocycles. The number of carbonyl (C=O) groups is 6. The molecule has 0 spiro atoms. The number of hydrogen-bond donors (Lipinski definition) is 2. The van der Waals surface area contributed by atoms with Crippen molar-refractivity contribution in [3.8, 4) is 0 Å². The van der Waals surface area contributed by atoms with Crippen LogP contribution < -0.4 is 5.32 Å². The van der Waals surface area contributed by atoms with Crippen molar-refractivity contribution >= 4 is 35.8 Å². The summed E-state index contributed by atoms with van der Waals surface area (Å²) in [4.78, 5) is 93.6. The van der Waals surface area contributed by atoms with Crippen LogP contribution in [0.3, 0.4) is 0 Å². The van der Waals surface area contributed by atoms with Crippen LogP contribution in [0.2, 0.25) is 0 Å². The highest BCUT2D eigenvalue weighted by atomic mass is 16.6. The maximum Gasteiger partial charge on any atom is 0.410 e. The van der Waals surface area contributed by atoms with E-state index in [9.17, 15) is 33.9 Å². The van der Waals surface area contributed by atoms with Crippen molar-refractivity contribution < 1.29 is 52.8 Å². The van der Waals surface area contributed by atoms with Gasteiger partial charge in [0.1, 0.15) is 11.4 Å². The molecule has 15 rings (SSSR count). The number of Topliss-reactive ketones (excluding diaryl/α,β-unsaturated/α-hetero) is 1. The number of carboxylic acid groups (broad SMARTS) is 1. The number of ketones is 1. The third-order valence-corrected chi connectivity index (χ3v) is 24.0. The normalized spacial score (nSPS) is 19.6. The Hall–Kier alpha value is -9.86. The zero-order valence-corrected chi connectivity index (χ0v) is 69.3. The number of carbonyl (C=O) groups excluding carboxylic acids is 5. The minimum Gasteiger partial charge on any atom is -0.478 e. The molecule has 3 saturated carbocycles. The fourth-order valence-electron chi connectivity index (χ4n) is 16.6. The van der Waals surface area contributed by atoms with E-state index in [2.05, 4.69) is 89.8 Å². The van der Waals surface area contributed by atoms with E-state index in [-0.39, 0.29) is 30.0 Å². The maximum absolute atomic E-state index is 12.4. The average molecular weight is 1580 g/mol. The van der Waals surface area contributed by atoms with Crippen molar-refractivity contribution in [2.24, 2.45) is 0 Å². The number of methoxy groups -OCH3 is 3. The molecule has 0 radical (unpaired) electrons. The lowest BCUT2D eigenvalue weighted by Crippen LogP contribution is -2.40. The van der Waals surface area contributed by atoms with Gasteiger partial charge in [-0.3, -0.25) is 43.5 Å². The molecule has 8 aromatic heterocycles. The molecule has 12 heterocycles. The predicted molar refractivity (Wildman–Crippen MR) is 437 cm³/mol. The zero-order chi connectivity index (χ0) is 81.5. The Balaban J connectivity index is 0.000000148. The zero-order valence-electron chi connectivity index (χ0n) is 69.3. The molecule has 0 aromatic carbocycles.